The van der Waals surface area contributed by atoms with Crippen LogP contribution in [0.5, 0.6) is 0 Å². The van der Waals surface area contributed by atoms with Crippen LogP contribution in [0.25, 0.3) is 10.8 Å². The van der Waals surface area contributed by atoms with Crippen molar-refractivity contribution in [1.82, 2.24) is 14.4 Å². The topological polar surface area (TPSA) is 69.0 Å². The number of anilines is 1. The minimum absolute atomic E-state index is 0.0963. The van der Waals surface area contributed by atoms with Crippen molar-refractivity contribution >= 4 is 34.0 Å². The predicted molar refractivity (Wildman–Crippen MR) is 139 cm³/mol. The van der Waals surface area contributed by atoms with E-state index in [1.807, 2.05) is 29.2 Å². The van der Waals surface area contributed by atoms with Crippen molar-refractivity contribution in [2.45, 2.75) is 32.5 Å². The van der Waals surface area contributed by atoms with E-state index in [1.54, 1.807) is 13.1 Å². The lowest BCUT2D eigenvalue weighted by Crippen LogP contribution is -2.48. The molecule has 0 aliphatic carbocycles. The van der Waals surface area contributed by atoms with E-state index in [0.717, 1.165) is 38.3 Å². The standard InChI is InChI=1S/C27H31ClN4O3/c1-19(33)30-10-12-31(13-11-30)22-6-7-24-25(14-22)26(28)18-32(27(24)35)17-23(34)16-29-9-8-20-4-2-3-5-21(20)15-29/h2-7,14,18,23,34H,8-13,15-17H2,1H3/t23-/m1/s1. The van der Waals surface area contributed by atoms with Crippen molar-refractivity contribution in [3.63, 3.8) is 0 Å². The van der Waals surface area contributed by atoms with Crippen LogP contribution in [0.1, 0.15) is 18.1 Å². The van der Waals surface area contributed by atoms with Gasteiger partial charge in [0.2, 0.25) is 5.91 Å². The molecule has 7 nitrogen and oxygen atoms in total. The van der Waals surface area contributed by atoms with Crippen molar-refractivity contribution in [3.05, 3.63) is 75.2 Å². The molecular weight excluding hydrogens is 464 g/mol. The molecule has 8 heteroatoms. The molecule has 1 amide bonds. The number of hydrogen-bond acceptors (Lipinski definition) is 5. The summed E-state index contributed by atoms with van der Waals surface area (Å²) < 4.78 is 1.53. The molecule has 2 aromatic carbocycles. The molecule has 0 radical (unpaired) electrons. The molecule has 5 rings (SSSR count). The second-order valence-corrected chi connectivity index (χ2v) is 9.97. The number of benzene rings is 2. The number of aliphatic hydroxyl groups excluding tert-OH is 1. The van der Waals surface area contributed by atoms with Crippen LogP contribution < -0.4 is 10.5 Å². The molecule has 35 heavy (non-hydrogen) atoms. The molecule has 1 atom stereocenters. The molecule has 1 saturated heterocycles. The van der Waals surface area contributed by atoms with Crippen molar-refractivity contribution < 1.29 is 9.90 Å². The molecule has 3 aromatic rings. The fraction of sp³-hybridized carbons (Fsp3) is 0.407. The number of amides is 1. The average molecular weight is 495 g/mol. The molecule has 1 aromatic heterocycles. The van der Waals surface area contributed by atoms with Crippen LogP contribution >= 0.6 is 11.6 Å². The Kier molecular flexibility index (Phi) is 6.82. The van der Waals surface area contributed by atoms with E-state index < -0.39 is 6.10 Å². The molecule has 0 bridgehead atoms. The number of hydrogen-bond donors (Lipinski definition) is 1. The highest BCUT2D eigenvalue weighted by Crippen LogP contribution is 2.27. The second kappa shape index (κ2) is 10.0. The molecule has 2 aliphatic rings. The van der Waals surface area contributed by atoms with Gasteiger partial charge >= 0.3 is 0 Å². The normalized spacial score (nSPS) is 17.5. The van der Waals surface area contributed by atoms with Crippen LogP contribution in [0.4, 0.5) is 5.69 Å². The molecule has 1 N–H and O–H groups in total. The summed E-state index contributed by atoms with van der Waals surface area (Å²) in [4.78, 5) is 31.1. The number of aliphatic hydroxyl groups is 1. The second-order valence-electron chi connectivity index (χ2n) is 9.57. The lowest BCUT2D eigenvalue weighted by Gasteiger charge is -2.35. The fourth-order valence-electron chi connectivity index (χ4n) is 5.24. The van der Waals surface area contributed by atoms with Gasteiger partial charge in [-0.3, -0.25) is 14.5 Å². The highest BCUT2D eigenvalue weighted by Gasteiger charge is 2.21. The van der Waals surface area contributed by atoms with Gasteiger partial charge in [0.1, 0.15) is 0 Å². The van der Waals surface area contributed by atoms with Crippen molar-refractivity contribution in [3.8, 4) is 0 Å². The number of nitrogens with zero attached hydrogens (tertiary/aromatic N) is 4. The van der Waals surface area contributed by atoms with Gasteiger partial charge in [0.15, 0.2) is 0 Å². The number of piperazine rings is 1. The fourth-order valence-corrected chi connectivity index (χ4v) is 5.51. The molecule has 0 spiro atoms. The van der Waals surface area contributed by atoms with E-state index >= 15 is 0 Å². The summed E-state index contributed by atoms with van der Waals surface area (Å²) in [6.07, 6.45) is 1.93. The molecule has 2 aliphatic heterocycles. The van der Waals surface area contributed by atoms with Gasteiger partial charge in [-0.1, -0.05) is 35.9 Å². The molecular formula is C27H31ClN4O3. The van der Waals surface area contributed by atoms with Gasteiger partial charge in [0, 0.05) is 75.4 Å². The first kappa shape index (κ1) is 23.9. The van der Waals surface area contributed by atoms with E-state index in [-0.39, 0.29) is 18.0 Å². The van der Waals surface area contributed by atoms with Crippen LogP contribution in [-0.2, 0) is 24.3 Å². The van der Waals surface area contributed by atoms with E-state index in [9.17, 15) is 14.7 Å². The van der Waals surface area contributed by atoms with E-state index in [1.165, 1.54) is 15.7 Å². The summed E-state index contributed by atoms with van der Waals surface area (Å²) in [6, 6.07) is 14.1. The zero-order valence-electron chi connectivity index (χ0n) is 20.0. The SMILES string of the molecule is CC(=O)N1CCN(c2ccc3c(=O)n(C[C@H](O)CN4CCc5ccccc5C4)cc(Cl)c3c2)CC1. The average Bonchev–Trinajstić information content (AvgIpc) is 2.87. The van der Waals surface area contributed by atoms with Crippen molar-refractivity contribution in [2.75, 3.05) is 44.2 Å². The number of carbonyl (C=O) groups is 1. The monoisotopic (exact) mass is 494 g/mol. The first-order valence-electron chi connectivity index (χ1n) is 12.2. The first-order valence-corrected chi connectivity index (χ1v) is 12.6. The number of rotatable bonds is 5. The van der Waals surface area contributed by atoms with Gasteiger partial charge in [0.05, 0.1) is 17.7 Å². The third-order valence-corrected chi connectivity index (χ3v) is 7.50. The van der Waals surface area contributed by atoms with Crippen LogP contribution in [0.15, 0.2) is 53.5 Å². The predicted octanol–water partition coefficient (Wildman–Crippen LogP) is 2.74. The Hall–Kier alpha value is -2.87. The Labute approximate surface area is 210 Å². The Morgan fingerprint density at radius 2 is 1.74 bits per heavy atom. The Morgan fingerprint density at radius 1 is 1.00 bits per heavy atom. The number of pyridine rings is 1. The number of fused-ring (bicyclic) bond motifs is 2. The van der Waals surface area contributed by atoms with Gasteiger partial charge in [-0.05, 0) is 35.7 Å². The maximum absolute atomic E-state index is 13.2. The lowest BCUT2D eigenvalue weighted by atomic mass is 10.00. The first-order chi connectivity index (χ1) is 16.9. The molecule has 0 saturated carbocycles. The van der Waals surface area contributed by atoms with E-state index in [4.69, 9.17) is 11.6 Å². The van der Waals surface area contributed by atoms with E-state index in [2.05, 4.69) is 28.0 Å². The number of β-amino-alcohol motifs (C(OH)–C–C–N with tert-alkyl or cyclic N) is 1. The zero-order chi connectivity index (χ0) is 24.5. The maximum atomic E-state index is 13.2. The highest BCUT2D eigenvalue weighted by atomic mass is 35.5. The largest absolute Gasteiger partial charge is 0.390 e. The zero-order valence-corrected chi connectivity index (χ0v) is 20.7. The third kappa shape index (κ3) is 5.08. The molecule has 3 heterocycles. The van der Waals surface area contributed by atoms with Crippen LogP contribution in [0.2, 0.25) is 5.02 Å². The van der Waals surface area contributed by atoms with Gasteiger partial charge in [0.25, 0.3) is 5.56 Å². The third-order valence-electron chi connectivity index (χ3n) is 7.20. The molecule has 0 unspecified atom stereocenters. The summed E-state index contributed by atoms with van der Waals surface area (Å²) >= 11 is 6.62. The van der Waals surface area contributed by atoms with Crippen LogP contribution in [0, 0.1) is 0 Å². The van der Waals surface area contributed by atoms with Gasteiger partial charge in [-0.2, -0.15) is 0 Å². The summed E-state index contributed by atoms with van der Waals surface area (Å²) in [7, 11) is 0. The molecule has 184 valence electrons. The molecule has 1 fully saturated rings. The summed E-state index contributed by atoms with van der Waals surface area (Å²) in [5.41, 5.74) is 3.51. The van der Waals surface area contributed by atoms with Gasteiger partial charge in [-0.25, -0.2) is 0 Å². The Morgan fingerprint density at radius 3 is 2.49 bits per heavy atom. The lowest BCUT2D eigenvalue weighted by molar-refractivity contribution is -0.129. The highest BCUT2D eigenvalue weighted by molar-refractivity contribution is 6.35. The summed E-state index contributed by atoms with van der Waals surface area (Å²) in [5, 5.41) is 12.5. The van der Waals surface area contributed by atoms with E-state index in [0.29, 0.717) is 35.4 Å². The van der Waals surface area contributed by atoms with Gasteiger partial charge < -0.3 is 19.5 Å². The quantitative estimate of drug-likeness (QED) is 0.590. The Bertz CT molecular complexity index is 1300. The Balaban J connectivity index is 1.29. The maximum Gasteiger partial charge on any atom is 0.258 e. The minimum Gasteiger partial charge on any atom is -0.390 e. The van der Waals surface area contributed by atoms with Crippen molar-refractivity contribution in [1.29, 1.82) is 0 Å². The van der Waals surface area contributed by atoms with Crippen molar-refractivity contribution in [2.24, 2.45) is 0 Å². The summed E-state index contributed by atoms with van der Waals surface area (Å²) in [6.45, 7) is 6.85. The van der Waals surface area contributed by atoms with Gasteiger partial charge in [-0.15, -0.1) is 0 Å². The number of carbonyl (C=O) groups excluding carboxylic acids is 1. The van der Waals surface area contributed by atoms with Crippen LogP contribution in [0.3, 0.4) is 0 Å². The number of halogens is 1. The minimum atomic E-state index is -0.677. The smallest absolute Gasteiger partial charge is 0.258 e. The summed E-state index contributed by atoms with van der Waals surface area (Å²) in [5.74, 6) is 0.0963. The number of aromatic nitrogens is 1. The van der Waals surface area contributed by atoms with Crippen LogP contribution in [-0.4, -0.2) is 70.8 Å².